The molecule has 0 saturated carbocycles. The Morgan fingerprint density at radius 2 is 2.35 bits per heavy atom. The van der Waals surface area contributed by atoms with Gasteiger partial charge in [-0.3, -0.25) is 4.79 Å². The summed E-state index contributed by atoms with van der Waals surface area (Å²) in [7, 11) is 0. The molecule has 10 heteroatoms. The van der Waals surface area contributed by atoms with E-state index in [1.807, 2.05) is 5.38 Å². The molecule has 0 bridgehead atoms. The van der Waals surface area contributed by atoms with Crippen molar-refractivity contribution in [1.82, 2.24) is 10.3 Å². The lowest BCUT2D eigenvalue weighted by molar-refractivity contribution is -0.111. The average molecular weight is 455 g/mol. The number of rotatable bonds is 6. The lowest BCUT2D eigenvalue weighted by Crippen LogP contribution is -2.31. The third-order valence-electron chi connectivity index (χ3n) is 4.68. The number of nitriles is 1. The molecule has 0 saturated heterocycles. The number of fused-ring (bicyclic) bond motifs is 1. The zero-order valence-electron chi connectivity index (χ0n) is 16.3. The summed E-state index contributed by atoms with van der Waals surface area (Å²) in [5, 5.41) is 18.3. The summed E-state index contributed by atoms with van der Waals surface area (Å²) in [4.78, 5) is 29.4. The highest BCUT2D eigenvalue weighted by Gasteiger charge is 2.28. The van der Waals surface area contributed by atoms with Crippen LogP contribution in [0.2, 0.25) is 0 Å². The summed E-state index contributed by atoms with van der Waals surface area (Å²) in [5.41, 5.74) is 2.18. The van der Waals surface area contributed by atoms with Crippen LogP contribution in [0.4, 0.5) is 9.80 Å². The van der Waals surface area contributed by atoms with Crippen LogP contribution >= 0.6 is 22.7 Å². The topological polar surface area (TPSA) is 117 Å². The maximum Gasteiger partial charge on any atom is 0.407 e. The number of alkyl carbamates (subject to hydrolysis) is 1. The van der Waals surface area contributed by atoms with E-state index in [4.69, 9.17) is 9.15 Å². The highest BCUT2D eigenvalue weighted by atomic mass is 32.1. The van der Waals surface area contributed by atoms with Crippen LogP contribution in [-0.4, -0.2) is 23.1 Å². The number of carbonyl (C=O) groups is 2. The van der Waals surface area contributed by atoms with Gasteiger partial charge in [-0.1, -0.05) is 0 Å². The Hall–Kier alpha value is -3.42. The molecule has 0 spiro atoms. The predicted molar refractivity (Wildman–Crippen MR) is 117 cm³/mol. The Bertz CT molecular complexity index is 1130. The first kappa shape index (κ1) is 20.8. The lowest BCUT2D eigenvalue weighted by Gasteiger charge is -2.22. The van der Waals surface area contributed by atoms with Gasteiger partial charge in [-0.2, -0.15) is 5.26 Å². The van der Waals surface area contributed by atoms with Gasteiger partial charge in [-0.05, 0) is 30.5 Å². The number of hydrogen-bond donors (Lipinski definition) is 2. The molecule has 3 aromatic heterocycles. The molecule has 2 amide bonds. The quantitative estimate of drug-likeness (QED) is 0.542. The summed E-state index contributed by atoms with van der Waals surface area (Å²) < 4.78 is 10.5. The van der Waals surface area contributed by atoms with Gasteiger partial charge in [0.2, 0.25) is 5.91 Å². The minimum absolute atomic E-state index is 0.279. The van der Waals surface area contributed by atoms with Gasteiger partial charge in [0, 0.05) is 34.5 Å². The van der Waals surface area contributed by atoms with Crippen molar-refractivity contribution in [2.45, 2.75) is 31.9 Å². The van der Waals surface area contributed by atoms with E-state index in [-0.39, 0.29) is 12.0 Å². The largest absolute Gasteiger partial charge is 0.472 e. The minimum atomic E-state index is -0.487. The fourth-order valence-electron chi connectivity index (χ4n) is 3.24. The molecule has 0 radical (unpaired) electrons. The second-order valence-corrected chi connectivity index (χ2v) is 8.83. The Morgan fingerprint density at radius 3 is 3.10 bits per heavy atom. The first-order valence-electron chi connectivity index (χ1n) is 9.51. The number of carbonyl (C=O) groups excluding carboxylic acids is 2. The van der Waals surface area contributed by atoms with E-state index >= 15 is 0 Å². The van der Waals surface area contributed by atoms with Crippen LogP contribution in [0.3, 0.4) is 0 Å². The van der Waals surface area contributed by atoms with Crippen LogP contribution in [0.25, 0.3) is 6.08 Å². The SMILES string of the molecule is N#Cc1c(NC(=O)/C=C/c2ccoc2)sc2c1CCC(OC(=O)NCc1nccs1)C2. The van der Waals surface area contributed by atoms with E-state index in [0.717, 1.165) is 21.0 Å². The number of nitrogens with one attached hydrogen (secondary N) is 2. The number of thiazole rings is 1. The molecule has 3 heterocycles. The molecule has 0 fully saturated rings. The number of hydrogen-bond acceptors (Lipinski definition) is 8. The van der Waals surface area contributed by atoms with Crippen molar-refractivity contribution in [3.8, 4) is 6.07 Å². The Kier molecular flexibility index (Phi) is 6.45. The standard InChI is InChI=1S/C21H18N4O4S2/c22-10-16-15-3-2-14(29-21(27)24-11-19-23-6-8-30-19)9-17(15)31-20(16)25-18(26)4-1-13-5-7-28-12-13/h1,4-8,12,14H,2-3,9,11H2,(H,24,27)(H,25,26)/b4-1+. The van der Waals surface area contributed by atoms with Crippen LogP contribution in [-0.2, 0) is 28.9 Å². The van der Waals surface area contributed by atoms with Crippen molar-refractivity contribution in [2.75, 3.05) is 5.32 Å². The van der Waals surface area contributed by atoms with Crippen molar-refractivity contribution in [3.05, 3.63) is 62.8 Å². The molecule has 1 atom stereocenters. The summed E-state index contributed by atoms with van der Waals surface area (Å²) in [6.07, 6.45) is 8.74. The Morgan fingerprint density at radius 1 is 1.45 bits per heavy atom. The normalized spacial score (nSPS) is 15.3. The van der Waals surface area contributed by atoms with Crippen molar-refractivity contribution in [1.29, 1.82) is 5.26 Å². The molecule has 31 heavy (non-hydrogen) atoms. The Labute approximate surface area is 186 Å². The van der Waals surface area contributed by atoms with Crippen molar-refractivity contribution < 1.29 is 18.7 Å². The highest BCUT2D eigenvalue weighted by Crippen LogP contribution is 2.38. The molecule has 0 aromatic carbocycles. The average Bonchev–Trinajstić information content (AvgIpc) is 3.51. The smallest absolute Gasteiger partial charge is 0.407 e. The molecule has 0 aliphatic heterocycles. The molecule has 1 unspecified atom stereocenters. The summed E-state index contributed by atoms with van der Waals surface area (Å²) in [6, 6.07) is 3.94. The first-order chi connectivity index (χ1) is 15.1. The molecule has 4 rings (SSSR count). The number of amides is 2. The van der Waals surface area contributed by atoms with E-state index in [1.54, 1.807) is 18.3 Å². The van der Waals surface area contributed by atoms with Crippen LogP contribution in [0.5, 0.6) is 0 Å². The molecule has 1 aliphatic carbocycles. The van der Waals surface area contributed by atoms with E-state index in [9.17, 15) is 14.9 Å². The van der Waals surface area contributed by atoms with E-state index in [1.165, 1.54) is 41.3 Å². The molecular formula is C21H18N4O4S2. The molecule has 2 N–H and O–H groups in total. The van der Waals surface area contributed by atoms with Crippen LogP contribution in [0.15, 0.2) is 40.7 Å². The number of aromatic nitrogens is 1. The van der Waals surface area contributed by atoms with Gasteiger partial charge in [-0.15, -0.1) is 22.7 Å². The second-order valence-electron chi connectivity index (χ2n) is 6.75. The van der Waals surface area contributed by atoms with Gasteiger partial charge in [0.25, 0.3) is 0 Å². The van der Waals surface area contributed by atoms with Gasteiger partial charge in [0.1, 0.15) is 22.2 Å². The van der Waals surface area contributed by atoms with E-state index in [2.05, 4.69) is 21.7 Å². The number of anilines is 1. The molecule has 1 aliphatic rings. The van der Waals surface area contributed by atoms with Gasteiger partial charge in [-0.25, -0.2) is 9.78 Å². The van der Waals surface area contributed by atoms with E-state index in [0.29, 0.717) is 36.4 Å². The fraction of sp³-hybridized carbons (Fsp3) is 0.238. The number of nitrogens with zero attached hydrogens (tertiary/aromatic N) is 2. The third-order valence-corrected chi connectivity index (χ3v) is 6.63. The Balaban J connectivity index is 1.37. The summed E-state index contributed by atoms with van der Waals surface area (Å²) in [5.74, 6) is -0.328. The van der Waals surface area contributed by atoms with Crippen molar-refractivity contribution >= 4 is 45.8 Å². The van der Waals surface area contributed by atoms with Crippen molar-refractivity contribution in [2.24, 2.45) is 0 Å². The zero-order chi connectivity index (χ0) is 21.6. The van der Waals surface area contributed by atoms with Crippen LogP contribution < -0.4 is 10.6 Å². The second kappa shape index (κ2) is 9.59. The fourth-order valence-corrected chi connectivity index (χ4v) is 5.06. The zero-order valence-corrected chi connectivity index (χ0v) is 17.9. The highest BCUT2D eigenvalue weighted by molar-refractivity contribution is 7.16. The lowest BCUT2D eigenvalue weighted by atomic mass is 9.94. The number of furan rings is 1. The monoisotopic (exact) mass is 454 g/mol. The van der Waals surface area contributed by atoms with E-state index < -0.39 is 6.09 Å². The van der Waals surface area contributed by atoms with Crippen molar-refractivity contribution in [3.63, 3.8) is 0 Å². The molecule has 3 aromatic rings. The predicted octanol–water partition coefficient (Wildman–Crippen LogP) is 4.10. The summed E-state index contributed by atoms with van der Waals surface area (Å²) >= 11 is 2.82. The molecule has 8 nitrogen and oxygen atoms in total. The third kappa shape index (κ3) is 5.20. The van der Waals surface area contributed by atoms with Gasteiger partial charge in [0.05, 0.1) is 24.6 Å². The van der Waals surface area contributed by atoms with Crippen LogP contribution in [0.1, 0.15) is 33.0 Å². The van der Waals surface area contributed by atoms with Gasteiger partial charge >= 0.3 is 6.09 Å². The number of ether oxygens (including phenoxy) is 1. The summed E-state index contributed by atoms with van der Waals surface area (Å²) in [6.45, 7) is 0.328. The van der Waals surface area contributed by atoms with Crippen LogP contribution in [0, 0.1) is 11.3 Å². The molecule has 158 valence electrons. The first-order valence-corrected chi connectivity index (χ1v) is 11.2. The maximum atomic E-state index is 12.3. The van der Waals surface area contributed by atoms with Gasteiger partial charge in [0.15, 0.2) is 0 Å². The number of thiophene rings is 1. The molecular weight excluding hydrogens is 436 g/mol. The maximum absolute atomic E-state index is 12.3. The minimum Gasteiger partial charge on any atom is -0.472 e. The van der Waals surface area contributed by atoms with Gasteiger partial charge < -0.3 is 19.8 Å².